The molecule has 1 aliphatic rings. The van der Waals surface area contributed by atoms with Crippen LogP contribution in [-0.2, 0) is 0 Å². The molecule has 3 rings (SSSR count). The number of hydrogen-bond acceptors (Lipinski definition) is 4. The van der Waals surface area contributed by atoms with Gasteiger partial charge in [0.1, 0.15) is 5.56 Å². The monoisotopic (exact) mass is 323 g/mol. The van der Waals surface area contributed by atoms with Gasteiger partial charge < -0.3 is 5.11 Å². The lowest BCUT2D eigenvalue weighted by Gasteiger charge is -2.10. The molecular formula is C18H17N3O3. The Hall–Kier alpha value is -3.15. The van der Waals surface area contributed by atoms with Crippen LogP contribution in [0.25, 0.3) is 11.8 Å². The quantitative estimate of drug-likeness (QED) is 0.889. The molecule has 2 aromatic rings. The first-order valence-corrected chi connectivity index (χ1v) is 7.48. The number of H-pyrrole nitrogens is 1. The van der Waals surface area contributed by atoms with E-state index in [0.29, 0.717) is 5.69 Å². The molecular weight excluding hydrogens is 306 g/mol. The predicted molar refractivity (Wildman–Crippen MR) is 93.9 cm³/mol. The van der Waals surface area contributed by atoms with Crippen LogP contribution in [0.5, 0.6) is 5.88 Å². The van der Waals surface area contributed by atoms with Crippen LogP contribution in [0.4, 0.5) is 0 Å². The maximum absolute atomic E-state index is 12.2. The maximum Gasteiger partial charge on any atom is 0.335 e. The molecule has 2 N–H and O–H groups in total. The van der Waals surface area contributed by atoms with Crippen LogP contribution < -0.4 is 11.2 Å². The molecule has 6 heteroatoms. The SMILES string of the molecule is CC1=C/C(=C\c2c(O)n(-c3cccc(C)c3)c(=O)[nH]c2=O)C(C)=N1. The first kappa shape index (κ1) is 15.7. The summed E-state index contributed by atoms with van der Waals surface area (Å²) in [5.74, 6) is -0.396. The molecule has 6 nitrogen and oxygen atoms in total. The van der Waals surface area contributed by atoms with Gasteiger partial charge in [0.2, 0.25) is 5.88 Å². The second-order valence-corrected chi connectivity index (χ2v) is 5.75. The van der Waals surface area contributed by atoms with Crippen LogP contribution in [0, 0.1) is 6.92 Å². The Kier molecular flexibility index (Phi) is 3.81. The number of hydrogen-bond donors (Lipinski definition) is 2. The maximum atomic E-state index is 12.2. The number of benzene rings is 1. The largest absolute Gasteiger partial charge is 0.494 e. The van der Waals surface area contributed by atoms with Gasteiger partial charge in [-0.2, -0.15) is 0 Å². The minimum atomic E-state index is -0.686. The number of rotatable bonds is 2. The van der Waals surface area contributed by atoms with Crippen molar-refractivity contribution < 1.29 is 5.11 Å². The number of aryl methyl sites for hydroxylation is 1. The molecule has 0 aliphatic carbocycles. The summed E-state index contributed by atoms with van der Waals surface area (Å²) in [5.41, 5.74) is 2.41. The lowest BCUT2D eigenvalue weighted by Crippen LogP contribution is -2.30. The van der Waals surface area contributed by atoms with Gasteiger partial charge in [-0.25, -0.2) is 9.36 Å². The number of nitrogens with one attached hydrogen (secondary N) is 1. The average molecular weight is 323 g/mol. The summed E-state index contributed by atoms with van der Waals surface area (Å²) in [6.07, 6.45) is 3.35. The van der Waals surface area contributed by atoms with E-state index in [-0.39, 0.29) is 5.56 Å². The van der Waals surface area contributed by atoms with Gasteiger partial charge in [-0.05, 0) is 56.2 Å². The second-order valence-electron chi connectivity index (χ2n) is 5.75. The van der Waals surface area contributed by atoms with Crippen molar-refractivity contribution in [3.8, 4) is 11.6 Å². The zero-order valence-electron chi connectivity index (χ0n) is 13.6. The summed E-state index contributed by atoms with van der Waals surface area (Å²) in [7, 11) is 0. The summed E-state index contributed by atoms with van der Waals surface area (Å²) in [4.78, 5) is 30.9. The van der Waals surface area contributed by atoms with Crippen molar-refractivity contribution in [2.45, 2.75) is 20.8 Å². The Balaban J connectivity index is 2.25. The van der Waals surface area contributed by atoms with Gasteiger partial charge in [0.05, 0.1) is 5.69 Å². The van der Waals surface area contributed by atoms with Crippen LogP contribution in [0.3, 0.4) is 0 Å². The van der Waals surface area contributed by atoms with Gasteiger partial charge in [0.15, 0.2) is 0 Å². The smallest absolute Gasteiger partial charge is 0.335 e. The Morgan fingerprint density at radius 1 is 1.21 bits per heavy atom. The molecule has 1 aromatic heterocycles. The van der Waals surface area contributed by atoms with E-state index in [9.17, 15) is 14.7 Å². The van der Waals surface area contributed by atoms with Crippen LogP contribution in [0.2, 0.25) is 0 Å². The van der Waals surface area contributed by atoms with Crippen molar-refractivity contribution in [1.82, 2.24) is 9.55 Å². The highest BCUT2D eigenvalue weighted by atomic mass is 16.3. The van der Waals surface area contributed by atoms with E-state index in [1.54, 1.807) is 18.2 Å². The summed E-state index contributed by atoms with van der Waals surface area (Å²) >= 11 is 0. The summed E-state index contributed by atoms with van der Waals surface area (Å²) in [6, 6.07) is 7.10. The molecule has 0 unspecified atom stereocenters. The van der Waals surface area contributed by atoms with Crippen molar-refractivity contribution >= 4 is 11.8 Å². The first-order chi connectivity index (χ1) is 11.4. The standard InChI is InChI=1S/C18H17N3O3/c1-10-5-4-6-14(7-10)21-17(23)15(16(22)20-18(21)24)9-13-8-11(2)19-12(13)3/h4-9,23H,1-3H3,(H,20,22,24)/b13-9+. The van der Waals surface area contributed by atoms with Crippen molar-refractivity contribution in [3.63, 3.8) is 0 Å². The number of aliphatic imine (C=N–C) groups is 1. The predicted octanol–water partition coefficient (Wildman–Crippen LogP) is 2.30. The van der Waals surface area contributed by atoms with E-state index < -0.39 is 17.1 Å². The third-order valence-corrected chi connectivity index (χ3v) is 3.81. The van der Waals surface area contributed by atoms with Gasteiger partial charge in [0.25, 0.3) is 5.56 Å². The zero-order valence-corrected chi connectivity index (χ0v) is 13.6. The highest BCUT2D eigenvalue weighted by Crippen LogP contribution is 2.22. The second kappa shape index (κ2) is 5.81. The summed E-state index contributed by atoms with van der Waals surface area (Å²) in [5, 5.41) is 10.5. The zero-order chi connectivity index (χ0) is 17.4. The molecule has 2 heterocycles. The molecule has 1 aromatic carbocycles. The van der Waals surface area contributed by atoms with E-state index >= 15 is 0 Å². The molecule has 0 radical (unpaired) electrons. The van der Waals surface area contributed by atoms with Crippen molar-refractivity contribution in [2.75, 3.05) is 0 Å². The van der Waals surface area contributed by atoms with Crippen LogP contribution in [0.15, 0.2) is 56.2 Å². The molecule has 0 saturated carbocycles. The molecule has 0 amide bonds. The molecule has 0 spiro atoms. The third kappa shape index (κ3) is 2.74. The minimum absolute atomic E-state index is 0.0200. The van der Waals surface area contributed by atoms with Crippen LogP contribution in [0.1, 0.15) is 25.0 Å². The molecule has 122 valence electrons. The van der Waals surface area contributed by atoms with E-state index in [1.165, 1.54) is 6.08 Å². The Morgan fingerprint density at radius 3 is 2.58 bits per heavy atom. The molecule has 0 atom stereocenters. The Bertz CT molecular complexity index is 1040. The number of aromatic amines is 1. The first-order valence-electron chi connectivity index (χ1n) is 7.48. The molecule has 0 fully saturated rings. The number of allylic oxidation sites excluding steroid dienone is 3. The summed E-state index contributed by atoms with van der Waals surface area (Å²) in [6.45, 7) is 5.55. The number of aromatic nitrogens is 2. The van der Waals surface area contributed by atoms with Crippen molar-refractivity contribution in [3.05, 3.63) is 73.6 Å². The van der Waals surface area contributed by atoms with Crippen molar-refractivity contribution in [2.24, 2.45) is 4.99 Å². The lowest BCUT2D eigenvalue weighted by molar-refractivity contribution is 0.429. The lowest BCUT2D eigenvalue weighted by atomic mass is 10.1. The number of aromatic hydroxyl groups is 1. The van der Waals surface area contributed by atoms with Gasteiger partial charge in [-0.3, -0.25) is 14.8 Å². The molecule has 1 aliphatic heterocycles. The molecule has 0 bridgehead atoms. The average Bonchev–Trinajstić information content (AvgIpc) is 2.81. The highest BCUT2D eigenvalue weighted by molar-refractivity contribution is 6.07. The van der Waals surface area contributed by atoms with Crippen molar-refractivity contribution in [1.29, 1.82) is 0 Å². The van der Waals surface area contributed by atoms with E-state index in [4.69, 9.17) is 0 Å². The molecule has 0 saturated heterocycles. The fourth-order valence-electron chi connectivity index (χ4n) is 2.67. The highest BCUT2D eigenvalue weighted by Gasteiger charge is 2.16. The topological polar surface area (TPSA) is 87.5 Å². The Labute approximate surface area is 138 Å². The normalized spacial score (nSPS) is 15.5. The van der Waals surface area contributed by atoms with Gasteiger partial charge in [-0.15, -0.1) is 0 Å². The fraction of sp³-hybridized carbons (Fsp3) is 0.167. The number of nitrogens with zero attached hydrogens (tertiary/aromatic N) is 2. The third-order valence-electron chi connectivity index (χ3n) is 3.81. The van der Waals surface area contributed by atoms with Gasteiger partial charge in [0, 0.05) is 11.4 Å². The van der Waals surface area contributed by atoms with Gasteiger partial charge >= 0.3 is 5.69 Å². The van der Waals surface area contributed by atoms with E-state index in [0.717, 1.165) is 27.1 Å². The van der Waals surface area contributed by atoms with Crippen LogP contribution >= 0.6 is 0 Å². The molecule has 24 heavy (non-hydrogen) atoms. The summed E-state index contributed by atoms with van der Waals surface area (Å²) < 4.78 is 1.08. The fourth-order valence-corrected chi connectivity index (χ4v) is 2.67. The minimum Gasteiger partial charge on any atom is -0.494 e. The van der Waals surface area contributed by atoms with E-state index in [1.807, 2.05) is 32.9 Å². The van der Waals surface area contributed by atoms with Crippen LogP contribution in [-0.4, -0.2) is 20.4 Å². The van der Waals surface area contributed by atoms with Gasteiger partial charge in [-0.1, -0.05) is 12.1 Å². The van der Waals surface area contributed by atoms with E-state index in [2.05, 4.69) is 9.98 Å². The Morgan fingerprint density at radius 2 is 1.96 bits per heavy atom.